The molecular formula is C16H12ClF3N4O4. The quantitative estimate of drug-likeness (QED) is 0.672. The lowest BCUT2D eigenvalue weighted by atomic mass is 10.2. The molecule has 2 heterocycles. The van der Waals surface area contributed by atoms with Crippen LogP contribution in [0, 0.1) is 0 Å². The van der Waals surface area contributed by atoms with Gasteiger partial charge in [0.15, 0.2) is 11.5 Å². The van der Waals surface area contributed by atoms with Crippen molar-refractivity contribution in [3.63, 3.8) is 0 Å². The van der Waals surface area contributed by atoms with Crippen LogP contribution in [0.3, 0.4) is 0 Å². The van der Waals surface area contributed by atoms with Gasteiger partial charge in [-0.2, -0.15) is 13.2 Å². The number of nitrogens with zero attached hydrogens (tertiary/aromatic N) is 4. The fourth-order valence-corrected chi connectivity index (χ4v) is 2.61. The first-order chi connectivity index (χ1) is 13.1. The average Bonchev–Trinajstić information content (AvgIpc) is 3.04. The lowest BCUT2D eigenvalue weighted by Gasteiger charge is -2.15. The fraction of sp³-hybridized carbons (Fsp3) is 0.250. The Kier molecular flexibility index (Phi) is 5.02. The van der Waals surface area contributed by atoms with Crippen molar-refractivity contribution in [2.75, 3.05) is 7.11 Å². The summed E-state index contributed by atoms with van der Waals surface area (Å²) in [4.78, 5) is 15.2. The van der Waals surface area contributed by atoms with Crippen molar-refractivity contribution in [3.05, 3.63) is 35.0 Å². The molecule has 0 bridgehead atoms. The van der Waals surface area contributed by atoms with Gasteiger partial charge in [-0.05, 0) is 19.1 Å². The van der Waals surface area contributed by atoms with Gasteiger partial charge in [0.05, 0.1) is 23.9 Å². The van der Waals surface area contributed by atoms with Crippen molar-refractivity contribution in [2.24, 2.45) is 0 Å². The minimum atomic E-state index is -4.61. The second-order valence-electron chi connectivity index (χ2n) is 5.65. The van der Waals surface area contributed by atoms with E-state index in [1.54, 1.807) is 0 Å². The molecule has 0 saturated heterocycles. The third-order valence-corrected chi connectivity index (χ3v) is 4.09. The van der Waals surface area contributed by atoms with Crippen LogP contribution in [-0.2, 0) is 11.0 Å². The smallest absolute Gasteiger partial charge is 0.416 e. The number of hydrogen-bond donors (Lipinski definition) is 1. The monoisotopic (exact) mass is 416 g/mol. The van der Waals surface area contributed by atoms with Gasteiger partial charge in [-0.1, -0.05) is 16.8 Å². The van der Waals surface area contributed by atoms with Crippen molar-refractivity contribution >= 4 is 28.7 Å². The molecule has 3 rings (SSSR count). The number of alkyl halides is 3. The van der Waals surface area contributed by atoms with Gasteiger partial charge in [0, 0.05) is 6.07 Å². The standard InChI is InChI=1S/C16H12ClF3N4O4/c1-7(15(25)26)24-11-5-9(6-21-14(11)22-23-24)28-13-10(17)3-8(16(18,19)20)4-12(13)27-2/h3-7H,1-2H3,(H,25,26). The summed E-state index contributed by atoms with van der Waals surface area (Å²) in [7, 11) is 1.17. The van der Waals surface area contributed by atoms with E-state index in [0.29, 0.717) is 6.07 Å². The van der Waals surface area contributed by atoms with Crippen LogP contribution in [0.15, 0.2) is 24.4 Å². The fourth-order valence-electron chi connectivity index (χ4n) is 2.36. The number of carboxylic acids is 1. The number of hydrogen-bond acceptors (Lipinski definition) is 6. The SMILES string of the molecule is COc1cc(C(F)(F)F)cc(Cl)c1Oc1cnc2nnn(C(C)C(=O)O)c2c1. The molecule has 12 heteroatoms. The van der Waals surface area contributed by atoms with Crippen molar-refractivity contribution in [3.8, 4) is 17.2 Å². The molecule has 0 radical (unpaired) electrons. The number of halogens is 4. The van der Waals surface area contributed by atoms with Crippen LogP contribution < -0.4 is 9.47 Å². The summed E-state index contributed by atoms with van der Waals surface area (Å²) in [5.74, 6) is -1.44. The molecule has 148 valence electrons. The van der Waals surface area contributed by atoms with Crippen LogP contribution in [-0.4, -0.2) is 38.2 Å². The first kappa shape index (κ1) is 19.7. The summed E-state index contributed by atoms with van der Waals surface area (Å²) in [5.41, 5.74) is -0.562. The van der Waals surface area contributed by atoms with Crippen LogP contribution in [0.4, 0.5) is 13.2 Å². The van der Waals surface area contributed by atoms with Crippen LogP contribution in [0.5, 0.6) is 17.2 Å². The third-order valence-electron chi connectivity index (χ3n) is 3.81. The van der Waals surface area contributed by atoms with E-state index < -0.39 is 23.8 Å². The number of aliphatic carboxylic acids is 1. The Hall–Kier alpha value is -3.08. The lowest BCUT2D eigenvalue weighted by molar-refractivity contribution is -0.140. The number of fused-ring (bicyclic) bond motifs is 1. The number of rotatable bonds is 5. The first-order valence-corrected chi connectivity index (χ1v) is 8.06. The minimum absolute atomic E-state index is 0.0774. The predicted molar refractivity (Wildman–Crippen MR) is 90.7 cm³/mol. The highest BCUT2D eigenvalue weighted by Crippen LogP contribution is 2.43. The molecule has 28 heavy (non-hydrogen) atoms. The van der Waals surface area contributed by atoms with Crippen LogP contribution in [0.25, 0.3) is 11.2 Å². The number of methoxy groups -OCH3 is 1. The number of carbonyl (C=O) groups is 1. The lowest BCUT2D eigenvalue weighted by Crippen LogP contribution is -2.16. The summed E-state index contributed by atoms with van der Waals surface area (Å²) in [6.07, 6.45) is -3.36. The molecule has 1 N–H and O–H groups in total. The molecule has 0 fully saturated rings. The summed E-state index contributed by atoms with van der Waals surface area (Å²) in [5, 5.41) is 16.3. The molecule has 1 unspecified atom stereocenters. The molecule has 0 aliphatic rings. The number of carboxylic acid groups (broad SMARTS) is 1. The molecule has 0 saturated carbocycles. The number of benzene rings is 1. The first-order valence-electron chi connectivity index (χ1n) is 7.68. The van der Waals surface area contributed by atoms with E-state index >= 15 is 0 Å². The van der Waals surface area contributed by atoms with E-state index in [9.17, 15) is 18.0 Å². The molecule has 0 aliphatic heterocycles. The Labute approximate surface area is 160 Å². The molecule has 2 aromatic heterocycles. The Bertz CT molecular complexity index is 1050. The normalized spacial score (nSPS) is 12.8. The maximum absolute atomic E-state index is 12.9. The highest BCUT2D eigenvalue weighted by Gasteiger charge is 2.33. The zero-order valence-corrected chi connectivity index (χ0v) is 15.1. The maximum Gasteiger partial charge on any atom is 0.416 e. The van der Waals surface area contributed by atoms with Gasteiger partial charge in [0.1, 0.15) is 17.3 Å². The molecule has 0 aliphatic carbocycles. The van der Waals surface area contributed by atoms with Gasteiger partial charge in [0.2, 0.25) is 5.65 Å². The highest BCUT2D eigenvalue weighted by molar-refractivity contribution is 6.32. The minimum Gasteiger partial charge on any atom is -0.493 e. The molecule has 0 amide bonds. The Morgan fingerprint density at radius 2 is 2.04 bits per heavy atom. The largest absolute Gasteiger partial charge is 0.493 e. The summed E-state index contributed by atoms with van der Waals surface area (Å²) >= 11 is 5.96. The summed E-state index contributed by atoms with van der Waals surface area (Å²) in [6.45, 7) is 1.40. The van der Waals surface area contributed by atoms with Crippen molar-refractivity contribution < 1.29 is 32.5 Å². The second-order valence-corrected chi connectivity index (χ2v) is 6.06. The highest BCUT2D eigenvalue weighted by atomic mass is 35.5. The van der Waals surface area contributed by atoms with Crippen molar-refractivity contribution in [1.29, 1.82) is 0 Å². The zero-order chi connectivity index (χ0) is 20.6. The summed E-state index contributed by atoms with van der Waals surface area (Å²) in [6, 6.07) is 1.84. The van der Waals surface area contributed by atoms with Crippen molar-refractivity contribution in [1.82, 2.24) is 20.0 Å². The van der Waals surface area contributed by atoms with E-state index in [1.165, 1.54) is 26.3 Å². The zero-order valence-electron chi connectivity index (χ0n) is 14.4. The third kappa shape index (κ3) is 3.65. The molecule has 1 aromatic carbocycles. The Balaban J connectivity index is 2.03. The van der Waals surface area contributed by atoms with Gasteiger partial charge in [-0.25, -0.2) is 14.5 Å². The van der Waals surface area contributed by atoms with Gasteiger partial charge < -0.3 is 14.6 Å². The van der Waals surface area contributed by atoms with Gasteiger partial charge in [-0.3, -0.25) is 0 Å². The summed E-state index contributed by atoms with van der Waals surface area (Å²) < 4.78 is 50.5. The number of ether oxygens (including phenoxy) is 2. The topological polar surface area (TPSA) is 99.4 Å². The van der Waals surface area contributed by atoms with E-state index in [0.717, 1.165) is 10.7 Å². The van der Waals surface area contributed by atoms with E-state index in [2.05, 4.69) is 15.3 Å². The molecular weight excluding hydrogens is 405 g/mol. The van der Waals surface area contributed by atoms with E-state index in [4.69, 9.17) is 26.2 Å². The van der Waals surface area contributed by atoms with Gasteiger partial charge in [-0.15, -0.1) is 5.10 Å². The average molecular weight is 417 g/mol. The van der Waals surface area contributed by atoms with Crippen LogP contribution >= 0.6 is 11.6 Å². The Morgan fingerprint density at radius 3 is 2.64 bits per heavy atom. The van der Waals surface area contributed by atoms with Crippen LogP contribution in [0.2, 0.25) is 5.02 Å². The number of aromatic nitrogens is 4. The van der Waals surface area contributed by atoms with Gasteiger partial charge >= 0.3 is 12.1 Å². The molecule has 0 spiro atoms. The van der Waals surface area contributed by atoms with E-state index in [1.807, 2.05) is 0 Å². The second kappa shape index (κ2) is 7.15. The molecule has 1 atom stereocenters. The molecule has 3 aromatic rings. The van der Waals surface area contributed by atoms with E-state index in [-0.39, 0.29) is 33.4 Å². The number of pyridine rings is 1. The predicted octanol–water partition coefficient (Wildman–Crippen LogP) is 3.95. The van der Waals surface area contributed by atoms with Crippen LogP contribution in [0.1, 0.15) is 18.5 Å². The Morgan fingerprint density at radius 1 is 1.32 bits per heavy atom. The maximum atomic E-state index is 12.9. The van der Waals surface area contributed by atoms with Crippen molar-refractivity contribution in [2.45, 2.75) is 19.1 Å². The van der Waals surface area contributed by atoms with Gasteiger partial charge in [0.25, 0.3) is 0 Å². The molecule has 8 nitrogen and oxygen atoms in total.